The third-order valence-electron chi connectivity index (χ3n) is 8.60. The lowest BCUT2D eigenvalue weighted by Crippen LogP contribution is -2.83. The topological polar surface area (TPSA) is 110 Å². The second-order valence-corrected chi connectivity index (χ2v) is 10.9. The summed E-state index contributed by atoms with van der Waals surface area (Å²) in [6.45, 7) is 4.04. The van der Waals surface area contributed by atoms with E-state index < -0.39 is 27.3 Å². The summed E-state index contributed by atoms with van der Waals surface area (Å²) < 4.78 is 0. The molecule has 2 aromatic rings. The van der Waals surface area contributed by atoms with Crippen LogP contribution in [0.15, 0.2) is 54.6 Å². The van der Waals surface area contributed by atoms with Crippen LogP contribution in [-0.4, -0.2) is 45.0 Å². The molecule has 1 aliphatic carbocycles. The van der Waals surface area contributed by atoms with E-state index in [4.69, 9.17) is 0 Å². The Morgan fingerprint density at radius 2 is 1.78 bits per heavy atom. The monoisotopic (exact) mass is 495 g/mol. The number of carbonyl (C=O) groups is 3. The molecular weight excluding hydrogens is 470 g/mol. The molecule has 7 rings (SSSR count). The van der Waals surface area contributed by atoms with Crippen molar-refractivity contribution < 1.29 is 19.3 Å². The molecule has 0 aromatic heterocycles. The lowest BCUT2D eigenvalue weighted by molar-refractivity contribution is -0.385. The predicted octanol–water partition coefficient (Wildman–Crippen LogP) is 3.24. The molecule has 4 aliphatic heterocycles. The van der Waals surface area contributed by atoms with Crippen molar-refractivity contribution in [3.8, 4) is 11.8 Å². The maximum Gasteiger partial charge on any atom is 0.278 e. The van der Waals surface area contributed by atoms with Gasteiger partial charge in [-0.1, -0.05) is 43.9 Å². The highest BCUT2D eigenvalue weighted by Gasteiger charge is 2.72. The number of nitro groups is 1. The molecule has 0 radical (unpaired) electrons. The van der Waals surface area contributed by atoms with Crippen LogP contribution in [0.1, 0.15) is 49.8 Å². The summed E-state index contributed by atoms with van der Waals surface area (Å²) in [5.74, 6) is 4.78. The Hall–Kier alpha value is -4.25. The maximum absolute atomic E-state index is 13.9. The molecule has 8 nitrogen and oxygen atoms in total. The van der Waals surface area contributed by atoms with Gasteiger partial charge in [0, 0.05) is 40.6 Å². The molecule has 2 unspecified atom stereocenters. The molecule has 37 heavy (non-hydrogen) atoms. The number of piperazine rings is 1. The molecule has 4 fully saturated rings. The van der Waals surface area contributed by atoms with Gasteiger partial charge in [0.2, 0.25) is 5.91 Å². The zero-order chi connectivity index (χ0) is 26.2. The summed E-state index contributed by atoms with van der Waals surface area (Å²) in [5, 5.41) is 15.1. The Labute approximate surface area is 213 Å². The van der Waals surface area contributed by atoms with Crippen molar-refractivity contribution in [3.63, 3.8) is 0 Å². The van der Waals surface area contributed by atoms with E-state index in [9.17, 15) is 24.5 Å². The minimum Gasteiger partial charge on any atom is -0.336 e. The van der Waals surface area contributed by atoms with Gasteiger partial charge in [0.1, 0.15) is 11.1 Å². The number of Topliss-reactive ketones (excluding diaryl/α,β-unsaturated/α-hetero) is 1. The first-order chi connectivity index (χ1) is 17.6. The Balaban J connectivity index is 1.49. The summed E-state index contributed by atoms with van der Waals surface area (Å²) in [7, 11) is 0. The van der Waals surface area contributed by atoms with E-state index in [0.29, 0.717) is 24.9 Å². The minimum absolute atomic E-state index is 0.0813. The summed E-state index contributed by atoms with van der Waals surface area (Å²) in [6, 6.07) is 13.8. The van der Waals surface area contributed by atoms with Gasteiger partial charge in [0.05, 0.1) is 10.5 Å². The number of hydrogen-bond donors (Lipinski definition) is 1. The van der Waals surface area contributed by atoms with Crippen LogP contribution in [0.2, 0.25) is 0 Å². The number of nitrogens with zero attached hydrogens (tertiary/aromatic N) is 2. The van der Waals surface area contributed by atoms with Crippen LogP contribution < -0.4 is 5.32 Å². The number of rotatable bonds is 2. The number of nitro benzene ring substituents is 1. The normalized spacial score (nSPS) is 29.0. The summed E-state index contributed by atoms with van der Waals surface area (Å²) in [6.07, 6.45) is 3.20. The minimum atomic E-state index is -1.41. The quantitative estimate of drug-likeness (QED) is 0.391. The van der Waals surface area contributed by atoms with E-state index in [1.54, 1.807) is 24.8 Å². The van der Waals surface area contributed by atoms with Crippen molar-refractivity contribution in [1.82, 2.24) is 10.2 Å². The van der Waals surface area contributed by atoms with Gasteiger partial charge >= 0.3 is 0 Å². The van der Waals surface area contributed by atoms with Gasteiger partial charge < -0.3 is 10.2 Å². The zero-order valence-electron chi connectivity index (χ0n) is 20.5. The zero-order valence-corrected chi connectivity index (χ0v) is 20.5. The van der Waals surface area contributed by atoms with Crippen molar-refractivity contribution in [1.29, 1.82) is 0 Å². The summed E-state index contributed by atoms with van der Waals surface area (Å²) in [5.41, 5.74) is -2.20. The van der Waals surface area contributed by atoms with E-state index in [2.05, 4.69) is 17.2 Å². The fraction of sp³-hybridized carbons (Fsp3) is 0.345. The Morgan fingerprint density at radius 1 is 1.05 bits per heavy atom. The van der Waals surface area contributed by atoms with E-state index >= 15 is 0 Å². The van der Waals surface area contributed by atoms with Crippen molar-refractivity contribution in [2.75, 3.05) is 6.54 Å². The Morgan fingerprint density at radius 3 is 2.51 bits per heavy atom. The molecule has 2 bridgehead atoms. The molecule has 4 saturated heterocycles. The number of benzene rings is 2. The molecule has 8 heteroatoms. The van der Waals surface area contributed by atoms with Crippen molar-refractivity contribution in [2.45, 2.75) is 44.2 Å². The first kappa shape index (κ1) is 23.2. The average Bonchev–Trinajstić information content (AvgIpc) is 3.32. The van der Waals surface area contributed by atoms with Gasteiger partial charge in [-0.15, -0.1) is 0 Å². The van der Waals surface area contributed by atoms with Gasteiger partial charge in [0.15, 0.2) is 5.78 Å². The largest absolute Gasteiger partial charge is 0.336 e. The molecule has 5 aliphatic rings. The molecule has 0 saturated carbocycles. The highest BCUT2D eigenvalue weighted by atomic mass is 16.6. The van der Waals surface area contributed by atoms with Gasteiger partial charge in [-0.2, -0.15) is 0 Å². The fourth-order valence-corrected chi connectivity index (χ4v) is 6.71. The highest BCUT2D eigenvalue weighted by molar-refractivity contribution is 6.27. The van der Waals surface area contributed by atoms with Crippen LogP contribution in [-0.2, 0) is 14.4 Å². The van der Waals surface area contributed by atoms with Crippen LogP contribution in [0, 0.1) is 33.3 Å². The number of hydrogen-bond acceptors (Lipinski definition) is 5. The van der Waals surface area contributed by atoms with Crippen LogP contribution in [0.4, 0.5) is 5.69 Å². The SMILES string of the molecule is CC1(C)C(=O)C(c2ccc(C#Cc3ccccc3)cc2[N+](=O)[O-])=C[C@@]23NC(=O)C4(CCCN4C2=O)CC13. The lowest BCUT2D eigenvalue weighted by atomic mass is 9.51. The molecule has 2 spiro atoms. The number of nitrogens with one attached hydrogen (secondary N) is 1. The molecule has 1 N–H and O–H groups in total. The number of amides is 2. The molecular formula is C29H25N3O5. The Bertz CT molecular complexity index is 1500. The van der Waals surface area contributed by atoms with E-state index in [1.165, 1.54) is 18.2 Å². The van der Waals surface area contributed by atoms with E-state index in [0.717, 1.165) is 12.0 Å². The smallest absolute Gasteiger partial charge is 0.278 e. The third kappa shape index (κ3) is 3.07. The average molecular weight is 496 g/mol. The van der Waals surface area contributed by atoms with Crippen LogP contribution in [0.5, 0.6) is 0 Å². The fourth-order valence-electron chi connectivity index (χ4n) is 6.71. The summed E-state index contributed by atoms with van der Waals surface area (Å²) in [4.78, 5) is 54.2. The van der Waals surface area contributed by atoms with E-state index in [1.807, 2.05) is 30.3 Å². The molecule has 2 amide bonds. The maximum atomic E-state index is 13.9. The Kier molecular flexibility index (Phi) is 4.77. The van der Waals surface area contributed by atoms with Crippen molar-refractivity contribution >= 4 is 28.9 Å². The molecule has 186 valence electrons. The number of carbonyl (C=O) groups excluding carboxylic acids is 3. The van der Waals surface area contributed by atoms with Gasteiger partial charge in [-0.25, -0.2) is 0 Å². The van der Waals surface area contributed by atoms with Crippen LogP contribution in [0.25, 0.3) is 5.57 Å². The third-order valence-corrected chi connectivity index (χ3v) is 8.60. The van der Waals surface area contributed by atoms with Gasteiger partial charge in [-0.3, -0.25) is 24.5 Å². The van der Waals surface area contributed by atoms with Gasteiger partial charge in [-0.05, 0) is 49.6 Å². The number of fused-ring (bicyclic) bond motifs is 1. The second-order valence-electron chi connectivity index (χ2n) is 10.9. The first-order valence-corrected chi connectivity index (χ1v) is 12.4. The molecule has 3 atom stereocenters. The highest BCUT2D eigenvalue weighted by Crippen LogP contribution is 2.58. The molecule has 2 aromatic carbocycles. The van der Waals surface area contributed by atoms with Crippen LogP contribution in [0.3, 0.4) is 0 Å². The van der Waals surface area contributed by atoms with Gasteiger partial charge in [0.25, 0.3) is 11.6 Å². The van der Waals surface area contributed by atoms with E-state index in [-0.39, 0.29) is 34.4 Å². The number of piperidine rings is 2. The molecule has 4 heterocycles. The summed E-state index contributed by atoms with van der Waals surface area (Å²) >= 11 is 0. The number of ketones is 1. The predicted molar refractivity (Wildman–Crippen MR) is 135 cm³/mol. The first-order valence-electron chi connectivity index (χ1n) is 12.4. The standard InChI is InChI=1S/C29H25N3O5/c1-27(2)23-17-28-13-6-14-31(28)26(35)29(23,30-25(28)34)16-21(24(27)33)20-12-11-19(15-22(20)32(36)37)10-9-18-7-4-3-5-8-18/h3-5,7-8,11-12,15-16,23H,6,13-14,17H2,1-2H3,(H,30,34)/t23?,28?,29-/m0/s1. The van der Waals surface area contributed by atoms with Crippen LogP contribution >= 0.6 is 0 Å². The lowest BCUT2D eigenvalue weighted by Gasteiger charge is -2.62. The number of allylic oxidation sites excluding steroid dienone is 1. The van der Waals surface area contributed by atoms with Crippen molar-refractivity contribution in [2.24, 2.45) is 11.3 Å². The second kappa shape index (κ2) is 7.62. The van der Waals surface area contributed by atoms with Crippen molar-refractivity contribution in [3.05, 3.63) is 81.4 Å².